The van der Waals surface area contributed by atoms with Gasteiger partial charge in [0.05, 0.1) is 12.7 Å². The minimum Gasteiger partial charge on any atom is -0.481 e. The molecule has 0 bridgehead atoms. The Labute approximate surface area is 72.2 Å². The number of epoxide rings is 1. The third-order valence-electron chi connectivity index (χ3n) is 1.44. The first-order valence-electron chi connectivity index (χ1n) is 4.07. The fourth-order valence-corrected chi connectivity index (χ4v) is 0.878. The minimum atomic E-state index is -0.833. The summed E-state index contributed by atoms with van der Waals surface area (Å²) in [7, 11) is 0. The molecule has 1 saturated heterocycles. The molecule has 0 aromatic carbocycles. The van der Waals surface area contributed by atoms with E-state index < -0.39 is 5.97 Å². The Morgan fingerprint density at radius 3 is 2.25 bits per heavy atom. The molecular formula is C8H16O4. The molecule has 1 rings (SSSR count). The molecule has 72 valence electrons. The normalized spacial score (nSPS) is 25.6. The topological polar surface area (TPSA) is 70.1 Å². The highest BCUT2D eigenvalue weighted by atomic mass is 16.6. The fraction of sp³-hybridized carbons (Fsp3) is 0.875. The first-order chi connectivity index (χ1) is 5.61. The summed E-state index contributed by atoms with van der Waals surface area (Å²) >= 11 is 0. The van der Waals surface area contributed by atoms with Crippen molar-refractivity contribution in [1.82, 2.24) is 0 Å². The van der Waals surface area contributed by atoms with Gasteiger partial charge in [-0.1, -0.05) is 13.3 Å². The van der Waals surface area contributed by atoms with Crippen molar-refractivity contribution in [2.24, 2.45) is 0 Å². The zero-order chi connectivity index (χ0) is 9.56. The molecule has 0 spiro atoms. The van der Waals surface area contributed by atoms with E-state index in [1.807, 2.05) is 0 Å². The second-order valence-electron chi connectivity index (χ2n) is 2.70. The van der Waals surface area contributed by atoms with Crippen molar-refractivity contribution in [3.05, 3.63) is 0 Å². The predicted molar refractivity (Wildman–Crippen MR) is 44.0 cm³/mol. The summed E-state index contributed by atoms with van der Waals surface area (Å²) in [4.78, 5) is 9.00. The molecule has 2 N–H and O–H groups in total. The lowest BCUT2D eigenvalue weighted by Gasteiger charge is -1.84. The molecule has 0 amide bonds. The number of aliphatic hydroxyl groups is 1. The quantitative estimate of drug-likeness (QED) is 0.619. The van der Waals surface area contributed by atoms with Gasteiger partial charge in [-0.15, -0.1) is 0 Å². The summed E-state index contributed by atoms with van der Waals surface area (Å²) in [5.74, 6) is -0.833. The molecule has 1 fully saturated rings. The fourth-order valence-electron chi connectivity index (χ4n) is 0.878. The average Bonchev–Trinajstić information content (AvgIpc) is 2.67. The monoisotopic (exact) mass is 176 g/mol. The molecule has 4 heteroatoms. The summed E-state index contributed by atoms with van der Waals surface area (Å²) in [6.07, 6.45) is 2.81. The smallest absolute Gasteiger partial charge is 0.300 e. The molecule has 1 aliphatic rings. The van der Waals surface area contributed by atoms with Crippen molar-refractivity contribution in [3.63, 3.8) is 0 Å². The number of rotatable bonds is 3. The van der Waals surface area contributed by atoms with Crippen LogP contribution in [-0.2, 0) is 9.53 Å². The van der Waals surface area contributed by atoms with Crippen LogP contribution in [0.5, 0.6) is 0 Å². The number of hydrogen-bond donors (Lipinski definition) is 2. The zero-order valence-electron chi connectivity index (χ0n) is 7.49. The summed E-state index contributed by atoms with van der Waals surface area (Å²) in [5.41, 5.74) is 0. The number of carboxylic acid groups (broad SMARTS) is 1. The van der Waals surface area contributed by atoms with Crippen molar-refractivity contribution in [1.29, 1.82) is 0 Å². The molecule has 4 nitrogen and oxygen atoms in total. The van der Waals surface area contributed by atoms with Gasteiger partial charge in [0.25, 0.3) is 5.97 Å². The third-order valence-corrected chi connectivity index (χ3v) is 1.44. The van der Waals surface area contributed by atoms with Gasteiger partial charge in [0.1, 0.15) is 6.10 Å². The highest BCUT2D eigenvalue weighted by molar-refractivity contribution is 5.62. The summed E-state index contributed by atoms with van der Waals surface area (Å²) in [6, 6.07) is 0. The molecule has 0 saturated carbocycles. The number of hydrogen-bond acceptors (Lipinski definition) is 3. The van der Waals surface area contributed by atoms with Crippen LogP contribution in [-0.4, -0.2) is 35.0 Å². The number of carboxylic acids is 1. The highest BCUT2D eigenvalue weighted by Gasteiger charge is 2.36. The molecule has 0 aromatic heterocycles. The lowest BCUT2D eigenvalue weighted by atomic mass is 10.2. The van der Waals surface area contributed by atoms with E-state index in [4.69, 9.17) is 19.7 Å². The van der Waals surface area contributed by atoms with E-state index in [-0.39, 0.29) is 12.7 Å². The van der Waals surface area contributed by atoms with Gasteiger partial charge in [-0.3, -0.25) is 4.79 Å². The van der Waals surface area contributed by atoms with Gasteiger partial charge in [-0.2, -0.15) is 0 Å². The Balaban J connectivity index is 0.000000261. The Morgan fingerprint density at radius 1 is 1.50 bits per heavy atom. The Morgan fingerprint density at radius 2 is 2.00 bits per heavy atom. The van der Waals surface area contributed by atoms with Crippen LogP contribution in [0.15, 0.2) is 0 Å². The van der Waals surface area contributed by atoms with E-state index in [2.05, 4.69) is 6.92 Å². The van der Waals surface area contributed by atoms with Gasteiger partial charge in [-0.05, 0) is 6.42 Å². The van der Waals surface area contributed by atoms with E-state index in [1.165, 1.54) is 0 Å². The van der Waals surface area contributed by atoms with Gasteiger partial charge in [0, 0.05) is 6.92 Å². The molecule has 2 atom stereocenters. The van der Waals surface area contributed by atoms with Gasteiger partial charge in [0.2, 0.25) is 0 Å². The van der Waals surface area contributed by atoms with Crippen molar-refractivity contribution < 1.29 is 19.7 Å². The van der Waals surface area contributed by atoms with Crippen LogP contribution >= 0.6 is 0 Å². The van der Waals surface area contributed by atoms with E-state index in [1.54, 1.807) is 0 Å². The molecule has 0 aliphatic carbocycles. The van der Waals surface area contributed by atoms with Crippen LogP contribution in [0.3, 0.4) is 0 Å². The van der Waals surface area contributed by atoms with E-state index in [0.29, 0.717) is 6.10 Å². The van der Waals surface area contributed by atoms with Crippen LogP contribution in [0, 0.1) is 0 Å². The summed E-state index contributed by atoms with van der Waals surface area (Å²) in [5, 5.41) is 15.9. The molecule has 0 radical (unpaired) electrons. The lowest BCUT2D eigenvalue weighted by molar-refractivity contribution is -0.134. The maximum atomic E-state index is 9.00. The molecule has 0 aromatic rings. The van der Waals surface area contributed by atoms with Gasteiger partial charge < -0.3 is 14.9 Å². The zero-order valence-corrected chi connectivity index (χ0v) is 7.49. The van der Waals surface area contributed by atoms with E-state index >= 15 is 0 Å². The first kappa shape index (κ1) is 11.4. The lowest BCUT2D eigenvalue weighted by Crippen LogP contribution is -1.97. The standard InChI is InChI=1S/C6H12O2.C2H4O2/c1-2-3-5-6(4-7)8-5;1-2(3)4/h5-7H,2-4H2,1H3;1H3,(H,3,4)/t5-,6+;/m0./s1. The Hall–Kier alpha value is -0.610. The Bertz CT molecular complexity index is 131. The van der Waals surface area contributed by atoms with E-state index in [0.717, 1.165) is 19.8 Å². The molecule has 0 unspecified atom stereocenters. The molecule has 1 heterocycles. The first-order valence-corrected chi connectivity index (χ1v) is 4.07. The van der Waals surface area contributed by atoms with Crippen LogP contribution in [0.2, 0.25) is 0 Å². The number of aliphatic carboxylic acids is 1. The van der Waals surface area contributed by atoms with Gasteiger partial charge >= 0.3 is 0 Å². The van der Waals surface area contributed by atoms with Crippen molar-refractivity contribution in [3.8, 4) is 0 Å². The van der Waals surface area contributed by atoms with Crippen molar-refractivity contribution in [2.75, 3.05) is 6.61 Å². The van der Waals surface area contributed by atoms with Gasteiger partial charge in [0.15, 0.2) is 0 Å². The second kappa shape index (κ2) is 5.97. The maximum absolute atomic E-state index is 9.00. The summed E-state index contributed by atoms with van der Waals surface area (Å²) in [6.45, 7) is 3.40. The number of aliphatic hydroxyl groups excluding tert-OH is 1. The molecule has 12 heavy (non-hydrogen) atoms. The largest absolute Gasteiger partial charge is 0.481 e. The minimum absolute atomic E-state index is 0.176. The van der Waals surface area contributed by atoms with Crippen LogP contribution in [0.25, 0.3) is 0 Å². The van der Waals surface area contributed by atoms with Crippen LogP contribution < -0.4 is 0 Å². The maximum Gasteiger partial charge on any atom is 0.300 e. The summed E-state index contributed by atoms with van der Waals surface area (Å²) < 4.78 is 5.06. The van der Waals surface area contributed by atoms with Crippen molar-refractivity contribution >= 4 is 5.97 Å². The molecular weight excluding hydrogens is 160 g/mol. The average molecular weight is 176 g/mol. The third kappa shape index (κ3) is 6.12. The van der Waals surface area contributed by atoms with E-state index in [9.17, 15) is 0 Å². The van der Waals surface area contributed by atoms with Crippen LogP contribution in [0.4, 0.5) is 0 Å². The van der Waals surface area contributed by atoms with Crippen LogP contribution in [0.1, 0.15) is 26.7 Å². The molecule has 1 aliphatic heterocycles. The van der Waals surface area contributed by atoms with Gasteiger partial charge in [-0.25, -0.2) is 0 Å². The highest BCUT2D eigenvalue weighted by Crippen LogP contribution is 2.25. The second-order valence-corrected chi connectivity index (χ2v) is 2.70. The SMILES string of the molecule is CC(=O)O.CCC[C@@H]1O[C@@H]1CO. The Kier molecular flexibility index (Phi) is 5.66. The van der Waals surface area contributed by atoms with Crippen molar-refractivity contribution in [2.45, 2.75) is 38.9 Å². The number of ether oxygens (including phenoxy) is 1. The predicted octanol–water partition coefficient (Wildman–Crippen LogP) is 0.637. The number of carbonyl (C=O) groups is 1.